The van der Waals surface area contributed by atoms with Gasteiger partial charge in [-0.15, -0.1) is 0 Å². The first-order chi connectivity index (χ1) is 11.3. The summed E-state index contributed by atoms with van der Waals surface area (Å²) in [6.45, 7) is 1.38. The van der Waals surface area contributed by atoms with Crippen molar-refractivity contribution in [2.24, 2.45) is 0 Å². The molecule has 1 amide bonds. The van der Waals surface area contributed by atoms with Crippen molar-refractivity contribution in [2.45, 2.75) is 44.9 Å². The number of carbonyl (C=O) groups is 1. The summed E-state index contributed by atoms with van der Waals surface area (Å²) >= 11 is 0. The van der Waals surface area contributed by atoms with E-state index in [-0.39, 0.29) is 18.6 Å². The largest absolute Gasteiger partial charge is 0.368 e. The molecule has 23 heavy (non-hydrogen) atoms. The third-order valence-electron chi connectivity index (χ3n) is 4.12. The van der Waals surface area contributed by atoms with Gasteiger partial charge in [-0.2, -0.15) is 5.10 Å². The Morgan fingerprint density at radius 2 is 2.00 bits per heavy atom. The average molecular weight is 313 g/mol. The van der Waals surface area contributed by atoms with Crippen LogP contribution in [-0.4, -0.2) is 28.4 Å². The van der Waals surface area contributed by atoms with Crippen molar-refractivity contribution in [3.05, 3.63) is 53.9 Å². The Hall–Kier alpha value is -2.14. The number of rotatable bonds is 7. The van der Waals surface area contributed by atoms with Gasteiger partial charge in [0, 0.05) is 18.3 Å². The summed E-state index contributed by atoms with van der Waals surface area (Å²) < 4.78 is 7.49. The molecule has 0 spiro atoms. The smallest absolute Gasteiger partial charge is 0.246 e. The van der Waals surface area contributed by atoms with E-state index in [9.17, 15) is 4.79 Å². The van der Waals surface area contributed by atoms with E-state index in [1.54, 1.807) is 6.20 Å². The zero-order valence-corrected chi connectivity index (χ0v) is 13.3. The Morgan fingerprint density at radius 3 is 2.78 bits per heavy atom. The molecule has 1 aliphatic carbocycles. The van der Waals surface area contributed by atoms with Crippen molar-refractivity contribution in [2.75, 3.05) is 6.61 Å². The summed E-state index contributed by atoms with van der Waals surface area (Å²) in [5, 5.41) is 7.22. The Kier molecular flexibility index (Phi) is 5.42. The standard InChI is InChI=1S/C18H23N3O2/c22-18(14-23-17-8-4-5-9-17)19-10-16-11-20-21(13-16)12-15-6-2-1-3-7-15/h1-3,6-7,11,13,17H,4-5,8-10,12,14H2,(H,19,22). The number of benzene rings is 1. The number of nitrogens with one attached hydrogen (secondary N) is 1. The molecule has 0 saturated heterocycles. The van der Waals surface area contributed by atoms with Gasteiger partial charge in [-0.3, -0.25) is 9.48 Å². The van der Waals surface area contributed by atoms with Gasteiger partial charge in [0.05, 0.1) is 18.8 Å². The molecule has 122 valence electrons. The minimum absolute atomic E-state index is 0.0623. The van der Waals surface area contributed by atoms with Gasteiger partial charge in [0.1, 0.15) is 6.61 Å². The molecule has 1 saturated carbocycles. The first kappa shape index (κ1) is 15.7. The third-order valence-corrected chi connectivity index (χ3v) is 4.12. The first-order valence-electron chi connectivity index (χ1n) is 8.23. The van der Waals surface area contributed by atoms with Crippen LogP contribution in [0.4, 0.5) is 0 Å². The minimum atomic E-state index is -0.0623. The van der Waals surface area contributed by atoms with Gasteiger partial charge in [0.2, 0.25) is 5.91 Å². The van der Waals surface area contributed by atoms with Crippen molar-refractivity contribution in [3.63, 3.8) is 0 Å². The van der Waals surface area contributed by atoms with Gasteiger partial charge >= 0.3 is 0 Å². The van der Waals surface area contributed by atoms with E-state index in [2.05, 4.69) is 22.5 Å². The van der Waals surface area contributed by atoms with Crippen LogP contribution in [0.1, 0.15) is 36.8 Å². The van der Waals surface area contributed by atoms with Crippen molar-refractivity contribution in [1.82, 2.24) is 15.1 Å². The SMILES string of the molecule is O=C(COC1CCCC1)NCc1cnn(Cc2ccccc2)c1. The average Bonchev–Trinajstić information content (AvgIpc) is 3.24. The van der Waals surface area contributed by atoms with E-state index in [0.29, 0.717) is 6.54 Å². The van der Waals surface area contributed by atoms with Crippen LogP contribution in [0.2, 0.25) is 0 Å². The van der Waals surface area contributed by atoms with Crippen LogP contribution < -0.4 is 5.32 Å². The maximum atomic E-state index is 11.8. The lowest BCUT2D eigenvalue weighted by Gasteiger charge is -2.10. The topological polar surface area (TPSA) is 56.1 Å². The predicted octanol–water partition coefficient (Wildman–Crippen LogP) is 2.51. The normalized spacial score (nSPS) is 15.0. The fraction of sp³-hybridized carbons (Fsp3) is 0.444. The van der Waals surface area contributed by atoms with Gasteiger partial charge in [0.15, 0.2) is 0 Å². The molecule has 1 heterocycles. The molecule has 0 atom stereocenters. The van der Waals surface area contributed by atoms with E-state index in [4.69, 9.17) is 4.74 Å². The summed E-state index contributed by atoms with van der Waals surface area (Å²) in [5.74, 6) is -0.0623. The molecule has 0 bridgehead atoms. The van der Waals surface area contributed by atoms with Gasteiger partial charge in [-0.25, -0.2) is 0 Å². The summed E-state index contributed by atoms with van der Waals surface area (Å²) in [6.07, 6.45) is 8.62. The van der Waals surface area contributed by atoms with E-state index in [1.807, 2.05) is 29.1 Å². The number of hydrogen-bond donors (Lipinski definition) is 1. The Bertz CT molecular complexity index is 618. The maximum Gasteiger partial charge on any atom is 0.246 e. The molecule has 5 nitrogen and oxygen atoms in total. The van der Waals surface area contributed by atoms with Crippen molar-refractivity contribution >= 4 is 5.91 Å². The number of carbonyl (C=O) groups excluding carboxylic acids is 1. The third kappa shape index (κ3) is 4.93. The van der Waals surface area contributed by atoms with Gasteiger partial charge in [-0.05, 0) is 18.4 Å². The fourth-order valence-corrected chi connectivity index (χ4v) is 2.85. The predicted molar refractivity (Wildman–Crippen MR) is 87.8 cm³/mol. The highest BCUT2D eigenvalue weighted by Crippen LogP contribution is 2.20. The lowest BCUT2D eigenvalue weighted by molar-refractivity contribution is -0.127. The summed E-state index contributed by atoms with van der Waals surface area (Å²) in [7, 11) is 0. The zero-order chi connectivity index (χ0) is 15.9. The van der Waals surface area contributed by atoms with E-state index < -0.39 is 0 Å². The number of aromatic nitrogens is 2. The number of ether oxygens (including phenoxy) is 1. The quantitative estimate of drug-likeness (QED) is 0.854. The van der Waals surface area contributed by atoms with Crippen LogP contribution >= 0.6 is 0 Å². The fourth-order valence-electron chi connectivity index (χ4n) is 2.85. The summed E-state index contributed by atoms with van der Waals surface area (Å²) in [5.41, 5.74) is 2.20. The molecule has 1 fully saturated rings. The lowest BCUT2D eigenvalue weighted by atomic mass is 10.2. The summed E-state index contributed by atoms with van der Waals surface area (Å²) in [4.78, 5) is 11.8. The van der Waals surface area contributed by atoms with E-state index >= 15 is 0 Å². The van der Waals surface area contributed by atoms with Gasteiger partial charge in [-0.1, -0.05) is 43.2 Å². The first-order valence-corrected chi connectivity index (χ1v) is 8.23. The molecule has 1 aromatic carbocycles. The molecule has 0 unspecified atom stereocenters. The zero-order valence-electron chi connectivity index (χ0n) is 13.3. The molecule has 1 aliphatic rings. The highest BCUT2D eigenvalue weighted by atomic mass is 16.5. The van der Waals surface area contributed by atoms with Crippen molar-refractivity contribution in [3.8, 4) is 0 Å². The highest BCUT2D eigenvalue weighted by Gasteiger charge is 2.16. The second-order valence-electron chi connectivity index (χ2n) is 6.03. The van der Waals surface area contributed by atoms with Crippen LogP contribution in [0, 0.1) is 0 Å². The molecule has 3 rings (SSSR count). The molecule has 1 aromatic heterocycles. The molecule has 0 radical (unpaired) electrons. The molecule has 5 heteroatoms. The van der Waals surface area contributed by atoms with Crippen LogP contribution in [0.15, 0.2) is 42.7 Å². The molecular formula is C18H23N3O2. The maximum absolute atomic E-state index is 11.8. The number of hydrogen-bond acceptors (Lipinski definition) is 3. The van der Waals surface area contributed by atoms with E-state index in [0.717, 1.165) is 24.9 Å². The van der Waals surface area contributed by atoms with Crippen LogP contribution in [-0.2, 0) is 22.6 Å². The van der Waals surface area contributed by atoms with Crippen LogP contribution in [0.3, 0.4) is 0 Å². The highest BCUT2D eigenvalue weighted by molar-refractivity contribution is 5.77. The summed E-state index contributed by atoms with van der Waals surface area (Å²) in [6, 6.07) is 10.2. The van der Waals surface area contributed by atoms with Gasteiger partial charge < -0.3 is 10.1 Å². The second-order valence-corrected chi connectivity index (χ2v) is 6.03. The van der Waals surface area contributed by atoms with Crippen molar-refractivity contribution in [1.29, 1.82) is 0 Å². The Morgan fingerprint density at radius 1 is 1.22 bits per heavy atom. The number of amides is 1. The minimum Gasteiger partial charge on any atom is -0.368 e. The molecular weight excluding hydrogens is 290 g/mol. The molecule has 1 N–H and O–H groups in total. The lowest BCUT2D eigenvalue weighted by Crippen LogP contribution is -2.28. The van der Waals surface area contributed by atoms with E-state index in [1.165, 1.54) is 18.4 Å². The molecule has 0 aliphatic heterocycles. The second kappa shape index (κ2) is 7.92. The monoisotopic (exact) mass is 313 g/mol. The Labute approximate surface area is 136 Å². The number of nitrogens with zero attached hydrogens (tertiary/aromatic N) is 2. The Balaban J connectivity index is 1.41. The van der Waals surface area contributed by atoms with Gasteiger partial charge in [0.25, 0.3) is 0 Å². The van der Waals surface area contributed by atoms with Crippen LogP contribution in [0.5, 0.6) is 0 Å². The van der Waals surface area contributed by atoms with Crippen LogP contribution in [0.25, 0.3) is 0 Å². The molecule has 2 aromatic rings. The van der Waals surface area contributed by atoms with Crippen molar-refractivity contribution < 1.29 is 9.53 Å².